The lowest BCUT2D eigenvalue weighted by Crippen LogP contribution is -2.34. The lowest BCUT2D eigenvalue weighted by atomic mass is 9.97. The van der Waals surface area contributed by atoms with Crippen LogP contribution in [0.3, 0.4) is 0 Å². The molecule has 3 atom stereocenters. The first-order chi connectivity index (χ1) is 16.4. The zero-order valence-corrected chi connectivity index (χ0v) is 18.5. The number of halogens is 1. The molecule has 1 fully saturated rings. The van der Waals surface area contributed by atoms with E-state index in [1.807, 2.05) is 6.92 Å². The number of carbonyl (C=O) groups is 2. The van der Waals surface area contributed by atoms with Crippen molar-refractivity contribution in [2.75, 3.05) is 13.7 Å². The van der Waals surface area contributed by atoms with Gasteiger partial charge in [-0.05, 0) is 24.5 Å². The van der Waals surface area contributed by atoms with Gasteiger partial charge in [0, 0.05) is 35.3 Å². The zero-order chi connectivity index (χ0) is 24.2. The van der Waals surface area contributed by atoms with Crippen LogP contribution in [0.5, 0.6) is 11.6 Å². The van der Waals surface area contributed by atoms with E-state index in [1.165, 1.54) is 25.7 Å². The lowest BCUT2D eigenvalue weighted by Gasteiger charge is -2.19. The molecule has 1 aromatic carbocycles. The number of hydrogen-bond acceptors (Lipinski definition) is 7. The number of nitrogens with zero attached hydrogens (tertiary/aromatic N) is 3. The van der Waals surface area contributed by atoms with Gasteiger partial charge in [-0.2, -0.15) is 0 Å². The average Bonchev–Trinajstić information content (AvgIpc) is 3.13. The number of amides is 2. The number of rotatable bonds is 6. The van der Waals surface area contributed by atoms with Gasteiger partial charge >= 0.3 is 0 Å². The Morgan fingerprint density at radius 1 is 1.21 bits per heavy atom. The molecule has 174 valence electrons. The second-order valence-corrected chi connectivity index (χ2v) is 7.68. The van der Waals surface area contributed by atoms with E-state index >= 15 is 0 Å². The minimum absolute atomic E-state index is 0.0251. The molecule has 1 aliphatic rings. The molecule has 0 saturated carbocycles. The first-order valence-corrected chi connectivity index (χ1v) is 10.6. The van der Waals surface area contributed by atoms with Crippen molar-refractivity contribution in [1.82, 2.24) is 20.3 Å². The Hall–Kier alpha value is -4.26. The highest BCUT2D eigenvalue weighted by molar-refractivity contribution is 6.03. The number of carbonyl (C=O) groups excluding carboxylic acids is 2. The Morgan fingerprint density at radius 3 is 2.71 bits per heavy atom. The minimum Gasteiger partial charge on any atom is -0.496 e. The van der Waals surface area contributed by atoms with E-state index in [4.69, 9.17) is 15.2 Å². The number of hydrogen-bond donors (Lipinski definition) is 2. The molecule has 0 spiro atoms. The van der Waals surface area contributed by atoms with Gasteiger partial charge in [0.25, 0.3) is 11.8 Å². The summed E-state index contributed by atoms with van der Waals surface area (Å²) in [4.78, 5) is 36.2. The van der Waals surface area contributed by atoms with Gasteiger partial charge in [0.05, 0.1) is 30.5 Å². The molecule has 0 unspecified atom stereocenters. The van der Waals surface area contributed by atoms with Gasteiger partial charge in [-0.1, -0.05) is 12.8 Å². The number of nitrogens with one attached hydrogen (secondary N) is 1. The highest BCUT2D eigenvalue weighted by Crippen LogP contribution is 2.33. The fourth-order valence-electron chi connectivity index (χ4n) is 3.91. The van der Waals surface area contributed by atoms with Crippen LogP contribution in [-0.4, -0.2) is 52.7 Å². The van der Waals surface area contributed by atoms with Gasteiger partial charge in [0.2, 0.25) is 5.88 Å². The van der Waals surface area contributed by atoms with Gasteiger partial charge in [-0.15, -0.1) is 0 Å². The van der Waals surface area contributed by atoms with E-state index < -0.39 is 29.9 Å². The lowest BCUT2D eigenvalue weighted by molar-refractivity contribution is -0.123. The highest BCUT2D eigenvalue weighted by Gasteiger charge is 2.41. The van der Waals surface area contributed by atoms with Crippen molar-refractivity contribution in [2.24, 2.45) is 11.7 Å². The summed E-state index contributed by atoms with van der Waals surface area (Å²) >= 11 is 0. The van der Waals surface area contributed by atoms with Crippen molar-refractivity contribution < 1.29 is 23.5 Å². The molecule has 0 bridgehead atoms. The third kappa shape index (κ3) is 4.45. The molecule has 34 heavy (non-hydrogen) atoms. The highest BCUT2D eigenvalue weighted by atomic mass is 19.1. The fraction of sp³-hybridized carbons (Fsp3) is 0.292. The first kappa shape index (κ1) is 22.9. The third-order valence-electron chi connectivity index (χ3n) is 5.67. The molecule has 0 radical (unpaired) electrons. The molecule has 1 saturated heterocycles. The topological polar surface area (TPSA) is 129 Å². The van der Waals surface area contributed by atoms with Crippen molar-refractivity contribution in [3.05, 3.63) is 53.7 Å². The van der Waals surface area contributed by atoms with Crippen molar-refractivity contribution in [1.29, 1.82) is 0 Å². The Kier molecular flexibility index (Phi) is 6.54. The molecule has 1 aliphatic heterocycles. The average molecular weight is 463 g/mol. The van der Waals surface area contributed by atoms with Gasteiger partial charge in [0.15, 0.2) is 6.17 Å². The Balaban J connectivity index is 1.75. The summed E-state index contributed by atoms with van der Waals surface area (Å²) in [5.74, 6) is 4.57. The van der Waals surface area contributed by atoms with Crippen LogP contribution >= 0.6 is 0 Å². The number of ether oxygens (including phenoxy) is 2. The number of primary amides is 1. The molecule has 2 amide bonds. The molecule has 10 heteroatoms. The maximum atomic E-state index is 14.1. The summed E-state index contributed by atoms with van der Waals surface area (Å²) in [6.45, 7) is 1.84. The van der Waals surface area contributed by atoms with E-state index in [2.05, 4.69) is 32.1 Å². The molecular formula is C24H22FN5O4. The Morgan fingerprint density at radius 2 is 2.03 bits per heavy atom. The second kappa shape index (κ2) is 9.70. The summed E-state index contributed by atoms with van der Waals surface area (Å²) in [6, 6.07) is 2.66. The van der Waals surface area contributed by atoms with Crippen LogP contribution in [0.15, 0.2) is 36.9 Å². The summed E-state index contributed by atoms with van der Waals surface area (Å²) in [7, 11) is 1.42. The van der Waals surface area contributed by atoms with Gasteiger partial charge in [-0.25, -0.2) is 14.4 Å². The number of methoxy groups -OCH3 is 1. The summed E-state index contributed by atoms with van der Waals surface area (Å²) in [5.41, 5.74) is 6.67. The van der Waals surface area contributed by atoms with E-state index in [9.17, 15) is 14.0 Å². The van der Waals surface area contributed by atoms with E-state index in [0.29, 0.717) is 28.5 Å². The maximum absolute atomic E-state index is 14.1. The van der Waals surface area contributed by atoms with Crippen LogP contribution in [0.25, 0.3) is 10.8 Å². The molecule has 2 aromatic heterocycles. The number of benzene rings is 1. The standard InChI is InChI=1S/C24H22FN5O4/c1-3-15-19(30-23(32)21(15)25)12-34-24-17-9-20(33-2)18(22(26)31)8-16(17)13(10-29-24)4-5-14-11-27-6-7-28-14/h6-11,15,19,21H,3,12H2,1-2H3,(H2,26,31)(H,30,32)/t15-,19+,21-/m0/s1. The summed E-state index contributed by atoms with van der Waals surface area (Å²) in [6.07, 6.45) is 5.01. The normalized spacial score (nSPS) is 19.3. The zero-order valence-electron chi connectivity index (χ0n) is 18.5. The van der Waals surface area contributed by atoms with Crippen LogP contribution in [-0.2, 0) is 4.79 Å². The smallest absolute Gasteiger partial charge is 0.255 e. The number of aromatic nitrogens is 3. The first-order valence-electron chi connectivity index (χ1n) is 10.6. The van der Waals surface area contributed by atoms with Gasteiger partial charge < -0.3 is 20.5 Å². The number of fused-ring (bicyclic) bond motifs is 1. The number of nitrogens with two attached hydrogens (primary N) is 1. The second-order valence-electron chi connectivity index (χ2n) is 7.68. The van der Waals surface area contributed by atoms with Crippen LogP contribution in [0, 0.1) is 17.8 Å². The van der Waals surface area contributed by atoms with Crippen molar-refractivity contribution >= 4 is 22.6 Å². The Labute approximate surface area is 194 Å². The van der Waals surface area contributed by atoms with E-state index in [0.717, 1.165) is 0 Å². The van der Waals surface area contributed by atoms with Crippen LogP contribution < -0.4 is 20.5 Å². The number of pyridine rings is 1. The van der Waals surface area contributed by atoms with Crippen molar-refractivity contribution in [3.63, 3.8) is 0 Å². The van der Waals surface area contributed by atoms with Gasteiger partial charge in [0.1, 0.15) is 18.1 Å². The van der Waals surface area contributed by atoms with Crippen LogP contribution in [0.1, 0.15) is 35.0 Å². The Bertz CT molecular complexity index is 1310. The minimum atomic E-state index is -1.57. The molecule has 4 rings (SSSR count). The molecule has 3 N–H and O–H groups in total. The predicted octanol–water partition coefficient (Wildman–Crippen LogP) is 1.77. The molecule has 3 aromatic rings. The molecular weight excluding hydrogens is 441 g/mol. The SMILES string of the molecule is CC[C@@H]1[C@H](F)C(=O)N[C@@H]1COc1ncc(C#Cc2cnccn2)c2cc(C(N)=O)c(OC)cc12. The predicted molar refractivity (Wildman–Crippen MR) is 121 cm³/mol. The fourth-order valence-corrected chi connectivity index (χ4v) is 3.91. The monoisotopic (exact) mass is 463 g/mol. The maximum Gasteiger partial charge on any atom is 0.255 e. The summed E-state index contributed by atoms with van der Waals surface area (Å²) < 4.78 is 25.4. The largest absolute Gasteiger partial charge is 0.496 e. The van der Waals surface area contributed by atoms with E-state index in [1.54, 1.807) is 18.3 Å². The number of alkyl halides is 1. The molecule has 9 nitrogen and oxygen atoms in total. The molecule has 3 heterocycles. The van der Waals surface area contributed by atoms with Gasteiger partial charge in [-0.3, -0.25) is 14.6 Å². The van der Waals surface area contributed by atoms with E-state index in [-0.39, 0.29) is 23.8 Å². The van der Waals surface area contributed by atoms with Crippen molar-refractivity contribution in [3.8, 4) is 23.5 Å². The molecule has 0 aliphatic carbocycles. The third-order valence-corrected chi connectivity index (χ3v) is 5.67. The van der Waals surface area contributed by atoms with Crippen LogP contribution in [0.4, 0.5) is 4.39 Å². The van der Waals surface area contributed by atoms with Crippen molar-refractivity contribution in [2.45, 2.75) is 25.6 Å². The quantitative estimate of drug-likeness (QED) is 0.533. The van der Waals surface area contributed by atoms with Crippen LogP contribution in [0.2, 0.25) is 0 Å². The summed E-state index contributed by atoms with van der Waals surface area (Å²) in [5, 5.41) is 3.70.